The van der Waals surface area contributed by atoms with Crippen LogP contribution < -0.4 is 5.73 Å². The Bertz CT molecular complexity index is 721. The maximum Gasteiger partial charge on any atom is 0.469 e. The van der Waals surface area contributed by atoms with Gasteiger partial charge >= 0.3 is 7.82 Å². The highest BCUT2D eigenvalue weighted by molar-refractivity contribution is 7.46. The van der Waals surface area contributed by atoms with Gasteiger partial charge < -0.3 is 20.3 Å². The number of benzene rings is 1. The average Bonchev–Trinajstić information content (AvgIpc) is 3.08. The largest absolute Gasteiger partial charge is 0.469 e. The molecule has 2 aliphatic rings. The van der Waals surface area contributed by atoms with Crippen molar-refractivity contribution >= 4 is 7.82 Å². The molecule has 0 aliphatic heterocycles. The molecule has 6 nitrogen and oxygen atoms in total. The summed E-state index contributed by atoms with van der Waals surface area (Å²) in [4.78, 5) is 17.9. The van der Waals surface area contributed by atoms with Crippen molar-refractivity contribution in [2.75, 3.05) is 20.3 Å². The summed E-state index contributed by atoms with van der Waals surface area (Å²) in [5.74, 6) is 1.13. The lowest BCUT2D eigenvalue weighted by molar-refractivity contribution is 0.153. The first-order valence-electron chi connectivity index (χ1n) is 10.9. The number of phosphoric acid groups is 1. The molecular formula is C22H36NO5P. The Hall–Kier alpha value is -0.750. The maximum atomic E-state index is 11.0. The summed E-state index contributed by atoms with van der Waals surface area (Å²) >= 11 is 0. The number of aryl methyl sites for hydroxylation is 1. The van der Waals surface area contributed by atoms with Gasteiger partial charge in [0.25, 0.3) is 0 Å². The van der Waals surface area contributed by atoms with Crippen LogP contribution in [-0.2, 0) is 26.7 Å². The zero-order valence-electron chi connectivity index (χ0n) is 17.5. The van der Waals surface area contributed by atoms with Crippen LogP contribution in [-0.4, -0.2) is 35.6 Å². The van der Waals surface area contributed by atoms with Crippen LogP contribution in [0.3, 0.4) is 0 Å². The lowest BCUT2D eigenvalue weighted by Crippen LogP contribution is -2.41. The van der Waals surface area contributed by atoms with Crippen molar-refractivity contribution in [3.63, 3.8) is 0 Å². The van der Waals surface area contributed by atoms with Gasteiger partial charge in [-0.1, -0.05) is 37.5 Å². The molecular weight excluding hydrogens is 389 g/mol. The molecule has 0 amide bonds. The molecule has 4 N–H and O–H groups in total. The van der Waals surface area contributed by atoms with E-state index < -0.39 is 13.4 Å². The Morgan fingerprint density at radius 1 is 1.21 bits per heavy atom. The molecule has 1 aromatic carbocycles. The van der Waals surface area contributed by atoms with E-state index in [4.69, 9.17) is 24.8 Å². The van der Waals surface area contributed by atoms with Crippen LogP contribution in [0.4, 0.5) is 0 Å². The van der Waals surface area contributed by atoms with Crippen LogP contribution in [0.15, 0.2) is 18.2 Å². The minimum atomic E-state index is -4.47. The van der Waals surface area contributed by atoms with Crippen molar-refractivity contribution in [3.05, 3.63) is 34.9 Å². The molecule has 0 radical (unpaired) electrons. The van der Waals surface area contributed by atoms with Gasteiger partial charge in [-0.3, -0.25) is 4.52 Å². The first kappa shape index (κ1) is 22.9. The summed E-state index contributed by atoms with van der Waals surface area (Å²) in [5.41, 5.74) is 9.96. The van der Waals surface area contributed by atoms with Crippen LogP contribution in [0.5, 0.6) is 0 Å². The zero-order chi connectivity index (χ0) is 20.9. The molecule has 1 fully saturated rings. The molecule has 164 valence electrons. The quantitative estimate of drug-likeness (QED) is 0.386. The van der Waals surface area contributed by atoms with E-state index in [9.17, 15) is 4.57 Å². The summed E-state index contributed by atoms with van der Waals surface area (Å²) in [6.07, 6.45) is 11.0. The van der Waals surface area contributed by atoms with Gasteiger partial charge in [0.05, 0.1) is 6.61 Å². The van der Waals surface area contributed by atoms with Crippen LogP contribution in [0.25, 0.3) is 0 Å². The lowest BCUT2D eigenvalue weighted by Gasteiger charge is -2.27. The molecule has 1 aromatic rings. The van der Waals surface area contributed by atoms with Gasteiger partial charge in [0, 0.05) is 19.3 Å². The molecule has 0 unspecified atom stereocenters. The van der Waals surface area contributed by atoms with Crippen LogP contribution in [0.2, 0.25) is 0 Å². The molecule has 3 rings (SSSR count). The lowest BCUT2D eigenvalue weighted by atomic mass is 9.79. The van der Waals surface area contributed by atoms with E-state index >= 15 is 0 Å². The fourth-order valence-corrected chi connectivity index (χ4v) is 5.42. The molecule has 0 bridgehead atoms. The third-order valence-corrected chi connectivity index (χ3v) is 7.12. The van der Waals surface area contributed by atoms with Gasteiger partial charge in [-0.25, -0.2) is 4.57 Å². The van der Waals surface area contributed by atoms with Gasteiger partial charge in [0.15, 0.2) is 0 Å². The molecule has 3 atom stereocenters. The van der Waals surface area contributed by atoms with Gasteiger partial charge in [-0.15, -0.1) is 0 Å². The summed E-state index contributed by atoms with van der Waals surface area (Å²) in [5, 5.41) is 0. The van der Waals surface area contributed by atoms with Crippen molar-refractivity contribution in [3.8, 4) is 0 Å². The highest BCUT2D eigenvalue weighted by Gasteiger charge is 2.38. The maximum absolute atomic E-state index is 11.0. The smallest absolute Gasteiger partial charge is 0.385 e. The summed E-state index contributed by atoms with van der Waals surface area (Å²) < 4.78 is 20.8. The molecule has 0 saturated heterocycles. The molecule has 2 aliphatic carbocycles. The Labute approximate surface area is 174 Å². The van der Waals surface area contributed by atoms with E-state index in [0.29, 0.717) is 12.3 Å². The monoisotopic (exact) mass is 425 g/mol. The van der Waals surface area contributed by atoms with Crippen molar-refractivity contribution in [1.29, 1.82) is 0 Å². The number of phosphoric ester groups is 1. The second kappa shape index (κ2) is 10.0. The predicted octanol–water partition coefficient (Wildman–Crippen LogP) is 4.07. The van der Waals surface area contributed by atoms with E-state index in [1.807, 2.05) is 0 Å². The van der Waals surface area contributed by atoms with Gasteiger partial charge in [-0.2, -0.15) is 0 Å². The molecule has 29 heavy (non-hydrogen) atoms. The SMILES string of the molecule is COCCCCC[C@@H]1CCc2cc([C@H]3CC[C@](N)(COP(=O)(O)O)C3)ccc2C1. The standard InChI is InChI=1S/C22H36NO5P/c1-27-12-4-2-3-5-17-6-7-19-14-20(9-8-18(19)13-17)21-10-11-22(23,15-21)16-28-29(24,25)26/h8-9,14,17,21H,2-7,10-13,15-16,23H2,1H3,(H2,24,25,26)/t17-,21+,22-/m1/s1. The number of ether oxygens (including phenoxy) is 1. The Balaban J connectivity index is 1.52. The second-order valence-electron chi connectivity index (χ2n) is 9.05. The first-order valence-corrected chi connectivity index (χ1v) is 12.4. The topological polar surface area (TPSA) is 102 Å². The van der Waals surface area contributed by atoms with Crippen LogP contribution in [0, 0.1) is 5.92 Å². The minimum Gasteiger partial charge on any atom is -0.385 e. The zero-order valence-corrected chi connectivity index (χ0v) is 18.4. The number of unbranched alkanes of at least 4 members (excludes halogenated alkanes) is 2. The van der Waals surface area contributed by atoms with Crippen LogP contribution >= 0.6 is 7.82 Å². The fraction of sp³-hybridized carbons (Fsp3) is 0.727. The van der Waals surface area contributed by atoms with Gasteiger partial charge in [0.1, 0.15) is 0 Å². The summed E-state index contributed by atoms with van der Waals surface area (Å²) in [6, 6.07) is 6.88. The highest BCUT2D eigenvalue weighted by Crippen LogP contribution is 2.44. The Morgan fingerprint density at radius 3 is 2.79 bits per heavy atom. The van der Waals surface area contributed by atoms with Gasteiger partial charge in [0.2, 0.25) is 0 Å². The van der Waals surface area contributed by atoms with E-state index in [1.54, 1.807) is 7.11 Å². The van der Waals surface area contributed by atoms with Crippen molar-refractivity contribution < 1.29 is 23.6 Å². The van der Waals surface area contributed by atoms with Crippen molar-refractivity contribution in [2.45, 2.75) is 75.7 Å². The molecule has 0 spiro atoms. The van der Waals surface area contributed by atoms with Crippen molar-refractivity contribution in [1.82, 2.24) is 0 Å². The molecule has 7 heteroatoms. The number of nitrogens with two attached hydrogens (primary N) is 1. The highest BCUT2D eigenvalue weighted by atomic mass is 31.2. The van der Waals surface area contributed by atoms with Crippen LogP contribution in [0.1, 0.15) is 74.0 Å². The van der Waals surface area contributed by atoms with Crippen molar-refractivity contribution in [2.24, 2.45) is 11.7 Å². The molecule has 1 saturated carbocycles. The predicted molar refractivity (Wildman–Crippen MR) is 114 cm³/mol. The third-order valence-electron chi connectivity index (χ3n) is 6.66. The van der Waals surface area contributed by atoms with E-state index in [2.05, 4.69) is 18.2 Å². The van der Waals surface area contributed by atoms with E-state index in [1.165, 1.54) is 48.8 Å². The molecule has 0 aromatic heterocycles. The summed E-state index contributed by atoms with van der Waals surface area (Å²) in [7, 11) is -2.71. The number of fused-ring (bicyclic) bond motifs is 1. The second-order valence-corrected chi connectivity index (χ2v) is 10.3. The number of rotatable bonds is 10. The summed E-state index contributed by atoms with van der Waals surface area (Å²) in [6.45, 7) is 0.776. The average molecular weight is 426 g/mol. The van der Waals surface area contributed by atoms with Gasteiger partial charge in [-0.05, 0) is 73.5 Å². The number of methoxy groups -OCH3 is 1. The normalized spacial score (nSPS) is 27.2. The Kier molecular flexibility index (Phi) is 7.94. The number of hydrogen-bond donors (Lipinski definition) is 3. The van der Waals surface area contributed by atoms with E-state index in [-0.39, 0.29) is 6.61 Å². The molecule has 0 heterocycles. The fourth-order valence-electron chi connectivity index (χ4n) is 4.99. The first-order chi connectivity index (χ1) is 13.8. The Morgan fingerprint density at radius 2 is 2.03 bits per heavy atom. The number of hydrogen-bond acceptors (Lipinski definition) is 4. The third kappa shape index (κ3) is 6.88. The van der Waals surface area contributed by atoms with E-state index in [0.717, 1.165) is 38.2 Å². The minimum absolute atomic E-state index is 0.0925.